The van der Waals surface area contributed by atoms with Gasteiger partial charge in [0, 0.05) is 17.7 Å². The summed E-state index contributed by atoms with van der Waals surface area (Å²) >= 11 is 6.04. The third-order valence-electron chi connectivity index (χ3n) is 3.82. The van der Waals surface area contributed by atoms with Crippen molar-refractivity contribution in [3.63, 3.8) is 0 Å². The number of aliphatic hydroxyl groups is 1. The Morgan fingerprint density at radius 2 is 1.73 bits per heavy atom. The van der Waals surface area contributed by atoms with Gasteiger partial charge in [-0.25, -0.2) is 9.97 Å². The monoisotopic (exact) mass is 319 g/mol. The zero-order chi connectivity index (χ0) is 14.7. The fourth-order valence-corrected chi connectivity index (χ4v) is 2.86. The Kier molecular flexibility index (Phi) is 5.75. The fourth-order valence-electron chi connectivity index (χ4n) is 2.68. The minimum absolute atomic E-state index is 0. The van der Waals surface area contributed by atoms with Crippen LogP contribution in [0.25, 0.3) is 11.3 Å². The predicted molar refractivity (Wildman–Crippen MR) is 91.1 cm³/mol. The number of aromatic nitrogens is 2. The molecule has 0 spiro atoms. The second-order valence-corrected chi connectivity index (χ2v) is 5.76. The van der Waals surface area contributed by atoms with E-state index in [0.717, 1.165) is 42.8 Å². The Balaban J connectivity index is 0.00000176. The van der Waals surface area contributed by atoms with Gasteiger partial charge in [0.1, 0.15) is 5.82 Å². The van der Waals surface area contributed by atoms with E-state index >= 15 is 0 Å². The highest BCUT2D eigenvalue weighted by atomic mass is 35.5. The molecule has 5 heteroatoms. The van der Waals surface area contributed by atoms with Crippen molar-refractivity contribution >= 4 is 17.4 Å². The van der Waals surface area contributed by atoms with E-state index in [1.165, 1.54) is 0 Å². The van der Waals surface area contributed by atoms with Crippen molar-refractivity contribution in [3.05, 3.63) is 41.7 Å². The van der Waals surface area contributed by atoms with E-state index < -0.39 is 0 Å². The number of aliphatic hydroxyl groups excluding tert-OH is 1. The summed E-state index contributed by atoms with van der Waals surface area (Å²) < 4.78 is 0. The normalized spacial score (nSPS) is 21.0. The van der Waals surface area contributed by atoms with Gasteiger partial charge in [0.2, 0.25) is 5.28 Å². The molecule has 0 saturated heterocycles. The molecule has 0 amide bonds. The Labute approximate surface area is 136 Å². The largest absolute Gasteiger partial charge is 0.393 e. The number of hydrogen-bond acceptors (Lipinski definition) is 4. The number of nitrogens with zero attached hydrogens (tertiary/aromatic N) is 2. The molecule has 1 saturated carbocycles. The quantitative estimate of drug-likeness (QED) is 0.834. The molecule has 0 atom stereocenters. The first-order valence-corrected chi connectivity index (χ1v) is 7.63. The molecule has 0 bridgehead atoms. The van der Waals surface area contributed by atoms with Crippen molar-refractivity contribution < 1.29 is 5.11 Å². The first-order chi connectivity index (χ1) is 10.2. The van der Waals surface area contributed by atoms with Crippen LogP contribution >= 0.6 is 11.6 Å². The molecule has 3 rings (SSSR count). The molecule has 118 valence electrons. The lowest BCUT2D eigenvalue weighted by Gasteiger charge is -2.26. The lowest BCUT2D eigenvalue weighted by atomic mass is 9.93. The van der Waals surface area contributed by atoms with Crippen molar-refractivity contribution in [2.24, 2.45) is 0 Å². The third-order valence-corrected chi connectivity index (χ3v) is 3.99. The van der Waals surface area contributed by atoms with Crippen LogP contribution < -0.4 is 5.32 Å². The van der Waals surface area contributed by atoms with E-state index in [-0.39, 0.29) is 18.8 Å². The molecule has 1 fully saturated rings. The van der Waals surface area contributed by atoms with E-state index in [1.54, 1.807) is 0 Å². The SMILES string of the molecule is C.OC1CCC(Nc2cc(-c3ccccc3)nc(Cl)n2)CC1. The first kappa shape index (κ1) is 16.7. The highest BCUT2D eigenvalue weighted by Gasteiger charge is 2.19. The highest BCUT2D eigenvalue weighted by Crippen LogP contribution is 2.25. The third kappa shape index (κ3) is 4.18. The van der Waals surface area contributed by atoms with Gasteiger partial charge in [-0.15, -0.1) is 0 Å². The topological polar surface area (TPSA) is 58.0 Å². The summed E-state index contributed by atoms with van der Waals surface area (Å²) in [4.78, 5) is 8.54. The molecule has 2 N–H and O–H groups in total. The van der Waals surface area contributed by atoms with Crippen molar-refractivity contribution in [1.29, 1.82) is 0 Å². The van der Waals surface area contributed by atoms with Crippen LogP contribution in [0.1, 0.15) is 33.1 Å². The molecule has 1 aromatic heterocycles. The Morgan fingerprint density at radius 1 is 1.05 bits per heavy atom. The lowest BCUT2D eigenvalue weighted by Crippen LogP contribution is -2.28. The summed E-state index contributed by atoms with van der Waals surface area (Å²) in [7, 11) is 0. The van der Waals surface area contributed by atoms with Gasteiger partial charge in [0.15, 0.2) is 0 Å². The van der Waals surface area contributed by atoms with E-state index in [0.29, 0.717) is 6.04 Å². The number of benzene rings is 1. The number of rotatable bonds is 3. The number of nitrogens with one attached hydrogen (secondary N) is 1. The maximum atomic E-state index is 9.56. The van der Waals surface area contributed by atoms with Crippen LogP contribution in [-0.4, -0.2) is 27.2 Å². The van der Waals surface area contributed by atoms with E-state index in [1.807, 2.05) is 36.4 Å². The average Bonchev–Trinajstić information content (AvgIpc) is 2.50. The van der Waals surface area contributed by atoms with Crippen molar-refractivity contribution in [2.75, 3.05) is 5.32 Å². The summed E-state index contributed by atoms with van der Waals surface area (Å²) in [5.74, 6) is 0.746. The van der Waals surface area contributed by atoms with Gasteiger partial charge in [-0.3, -0.25) is 0 Å². The Bertz CT molecular complexity index is 598. The van der Waals surface area contributed by atoms with E-state index in [2.05, 4.69) is 15.3 Å². The van der Waals surface area contributed by atoms with Crippen LogP contribution in [-0.2, 0) is 0 Å². The lowest BCUT2D eigenvalue weighted by molar-refractivity contribution is 0.126. The average molecular weight is 320 g/mol. The van der Waals surface area contributed by atoms with Crippen LogP contribution in [0.4, 0.5) is 5.82 Å². The summed E-state index contributed by atoms with van der Waals surface area (Å²) in [5.41, 5.74) is 1.83. The van der Waals surface area contributed by atoms with Gasteiger partial charge in [-0.1, -0.05) is 37.8 Å². The summed E-state index contributed by atoms with van der Waals surface area (Å²) in [6, 6.07) is 12.2. The van der Waals surface area contributed by atoms with Gasteiger partial charge in [-0.2, -0.15) is 0 Å². The fraction of sp³-hybridized carbons (Fsp3) is 0.412. The van der Waals surface area contributed by atoms with Crippen LogP contribution in [0.3, 0.4) is 0 Å². The molecule has 0 aliphatic heterocycles. The van der Waals surface area contributed by atoms with Crippen LogP contribution in [0.5, 0.6) is 0 Å². The minimum atomic E-state index is -0.156. The minimum Gasteiger partial charge on any atom is -0.393 e. The number of hydrogen-bond donors (Lipinski definition) is 2. The van der Waals surface area contributed by atoms with Crippen LogP contribution in [0.15, 0.2) is 36.4 Å². The standard InChI is InChI=1S/C16H18ClN3O.CH4/c17-16-19-14(11-4-2-1-3-5-11)10-15(20-16)18-12-6-8-13(21)9-7-12;/h1-5,10,12-13,21H,6-9H2,(H,18,19,20);1H4. The molecular weight excluding hydrogens is 298 g/mol. The molecule has 4 nitrogen and oxygen atoms in total. The molecule has 1 aliphatic carbocycles. The number of halogens is 1. The molecule has 0 radical (unpaired) electrons. The molecule has 1 heterocycles. The molecule has 22 heavy (non-hydrogen) atoms. The predicted octanol–water partition coefficient (Wildman–Crippen LogP) is 4.15. The van der Waals surface area contributed by atoms with E-state index in [4.69, 9.17) is 11.6 Å². The zero-order valence-corrected chi connectivity index (χ0v) is 12.4. The molecule has 2 aromatic rings. The van der Waals surface area contributed by atoms with Crippen LogP contribution in [0, 0.1) is 0 Å². The van der Waals surface area contributed by atoms with E-state index in [9.17, 15) is 5.11 Å². The van der Waals surface area contributed by atoms with Crippen molar-refractivity contribution in [1.82, 2.24) is 9.97 Å². The van der Waals surface area contributed by atoms with Gasteiger partial charge < -0.3 is 10.4 Å². The molecular formula is C17H22ClN3O. The van der Waals surface area contributed by atoms with Crippen molar-refractivity contribution in [2.45, 2.75) is 45.3 Å². The smallest absolute Gasteiger partial charge is 0.224 e. The van der Waals surface area contributed by atoms with Gasteiger partial charge in [-0.05, 0) is 37.3 Å². The molecule has 0 unspecified atom stereocenters. The summed E-state index contributed by atoms with van der Waals surface area (Å²) in [6.45, 7) is 0. The van der Waals surface area contributed by atoms with Gasteiger partial charge in [0.05, 0.1) is 11.8 Å². The Hall–Kier alpha value is -1.65. The van der Waals surface area contributed by atoms with Gasteiger partial charge in [0.25, 0.3) is 0 Å². The molecule has 1 aromatic carbocycles. The first-order valence-electron chi connectivity index (χ1n) is 7.25. The summed E-state index contributed by atoms with van der Waals surface area (Å²) in [6.07, 6.45) is 3.41. The maximum Gasteiger partial charge on any atom is 0.224 e. The number of anilines is 1. The van der Waals surface area contributed by atoms with Crippen LogP contribution in [0.2, 0.25) is 5.28 Å². The second kappa shape index (κ2) is 7.56. The summed E-state index contributed by atoms with van der Waals surface area (Å²) in [5, 5.41) is 13.2. The maximum absolute atomic E-state index is 9.56. The Morgan fingerprint density at radius 3 is 2.41 bits per heavy atom. The molecule has 1 aliphatic rings. The van der Waals surface area contributed by atoms with Crippen molar-refractivity contribution in [3.8, 4) is 11.3 Å². The zero-order valence-electron chi connectivity index (χ0n) is 11.7. The highest BCUT2D eigenvalue weighted by molar-refractivity contribution is 6.28. The second-order valence-electron chi connectivity index (χ2n) is 5.42. The van der Waals surface area contributed by atoms with Gasteiger partial charge >= 0.3 is 0 Å².